The van der Waals surface area contributed by atoms with Crippen molar-refractivity contribution in [2.45, 2.75) is 34.6 Å². The molecule has 0 bridgehead atoms. The van der Waals surface area contributed by atoms with E-state index in [1.807, 2.05) is 6.92 Å². The van der Waals surface area contributed by atoms with Crippen LogP contribution in [0.4, 0.5) is 0 Å². The summed E-state index contributed by atoms with van der Waals surface area (Å²) in [6, 6.07) is 0. The Balaban J connectivity index is 4.39. The van der Waals surface area contributed by atoms with E-state index < -0.39 is 0 Å². The second kappa shape index (κ2) is 4.22. The van der Waals surface area contributed by atoms with Crippen molar-refractivity contribution in [2.24, 2.45) is 11.7 Å². The Hall–Kier alpha value is -0.720. The van der Waals surface area contributed by atoms with Crippen molar-refractivity contribution in [3.63, 3.8) is 0 Å². The molecular formula is C10H19N. The maximum Gasteiger partial charge on any atom is 0.00143 e. The van der Waals surface area contributed by atoms with Gasteiger partial charge in [0.25, 0.3) is 0 Å². The standard InChI is InChI=1S/C10H19N/c1-7(2)10(5)8(3)6-9(4)11/h6,8H,11H2,1-5H3/b9-6-. The molecule has 1 unspecified atom stereocenters. The topological polar surface area (TPSA) is 26.0 Å². The molecule has 1 nitrogen and oxygen atoms in total. The highest BCUT2D eigenvalue weighted by molar-refractivity contribution is 5.16. The summed E-state index contributed by atoms with van der Waals surface area (Å²) in [5.41, 5.74) is 9.27. The van der Waals surface area contributed by atoms with Crippen LogP contribution >= 0.6 is 0 Å². The fourth-order valence-electron chi connectivity index (χ4n) is 0.975. The summed E-state index contributed by atoms with van der Waals surface area (Å²) >= 11 is 0. The minimum Gasteiger partial charge on any atom is -0.403 e. The van der Waals surface area contributed by atoms with Crippen molar-refractivity contribution in [2.75, 3.05) is 0 Å². The van der Waals surface area contributed by atoms with E-state index in [0.717, 1.165) is 5.70 Å². The predicted octanol–water partition coefficient (Wildman–Crippen LogP) is 2.84. The van der Waals surface area contributed by atoms with E-state index in [4.69, 9.17) is 5.73 Å². The molecule has 0 spiro atoms. The minimum absolute atomic E-state index is 0.477. The highest BCUT2D eigenvalue weighted by Crippen LogP contribution is 2.15. The molecule has 0 aromatic heterocycles. The zero-order chi connectivity index (χ0) is 9.02. The van der Waals surface area contributed by atoms with E-state index in [2.05, 4.69) is 33.8 Å². The van der Waals surface area contributed by atoms with Crippen LogP contribution in [0.25, 0.3) is 0 Å². The number of hydrogen-bond acceptors (Lipinski definition) is 1. The second-order valence-corrected chi connectivity index (χ2v) is 3.38. The quantitative estimate of drug-likeness (QED) is 0.606. The summed E-state index contributed by atoms with van der Waals surface area (Å²) in [6.07, 6.45) is 2.09. The molecule has 64 valence electrons. The molecule has 0 aromatic carbocycles. The van der Waals surface area contributed by atoms with Gasteiger partial charge in [-0.2, -0.15) is 0 Å². The number of hydrogen-bond donors (Lipinski definition) is 1. The largest absolute Gasteiger partial charge is 0.403 e. The lowest BCUT2D eigenvalue weighted by atomic mass is 9.98. The number of allylic oxidation sites excluding steroid dienone is 4. The Morgan fingerprint density at radius 2 is 1.64 bits per heavy atom. The van der Waals surface area contributed by atoms with Crippen LogP contribution in [0.3, 0.4) is 0 Å². The summed E-state index contributed by atoms with van der Waals surface area (Å²) in [4.78, 5) is 0. The van der Waals surface area contributed by atoms with Gasteiger partial charge in [0.15, 0.2) is 0 Å². The Labute approximate surface area is 70.0 Å². The number of nitrogens with two attached hydrogens (primary N) is 1. The van der Waals surface area contributed by atoms with E-state index in [-0.39, 0.29) is 0 Å². The Bertz CT molecular complexity index is 179. The average Bonchev–Trinajstić information content (AvgIpc) is 1.84. The molecule has 11 heavy (non-hydrogen) atoms. The lowest BCUT2D eigenvalue weighted by Crippen LogP contribution is -1.99. The molecule has 0 aromatic rings. The van der Waals surface area contributed by atoms with Crippen LogP contribution in [0.2, 0.25) is 0 Å². The Morgan fingerprint density at radius 1 is 1.18 bits per heavy atom. The molecule has 0 fully saturated rings. The first-order valence-corrected chi connectivity index (χ1v) is 4.03. The molecule has 0 aliphatic rings. The molecule has 0 heterocycles. The molecule has 0 rings (SSSR count). The first kappa shape index (κ1) is 10.3. The van der Waals surface area contributed by atoms with Crippen LogP contribution in [-0.2, 0) is 0 Å². The van der Waals surface area contributed by atoms with Gasteiger partial charge < -0.3 is 5.73 Å². The fourth-order valence-corrected chi connectivity index (χ4v) is 0.975. The lowest BCUT2D eigenvalue weighted by Gasteiger charge is -2.09. The zero-order valence-corrected chi connectivity index (χ0v) is 8.23. The van der Waals surface area contributed by atoms with Crippen molar-refractivity contribution in [1.29, 1.82) is 0 Å². The van der Waals surface area contributed by atoms with Gasteiger partial charge in [-0.3, -0.25) is 0 Å². The van der Waals surface area contributed by atoms with Gasteiger partial charge in [-0.15, -0.1) is 0 Å². The van der Waals surface area contributed by atoms with Gasteiger partial charge in [0.05, 0.1) is 0 Å². The maximum atomic E-state index is 5.57. The van der Waals surface area contributed by atoms with Gasteiger partial charge >= 0.3 is 0 Å². The average molecular weight is 153 g/mol. The maximum absolute atomic E-state index is 5.57. The van der Waals surface area contributed by atoms with Gasteiger partial charge in [0, 0.05) is 5.70 Å². The van der Waals surface area contributed by atoms with Gasteiger partial charge in [-0.1, -0.05) is 24.1 Å². The SMILES string of the molecule is CC(C)=C(C)C(C)/C=C(/C)N. The minimum atomic E-state index is 0.477. The van der Waals surface area contributed by atoms with Crippen LogP contribution in [0, 0.1) is 5.92 Å². The van der Waals surface area contributed by atoms with E-state index in [0.29, 0.717) is 5.92 Å². The van der Waals surface area contributed by atoms with Crippen LogP contribution in [0.1, 0.15) is 34.6 Å². The summed E-state index contributed by atoms with van der Waals surface area (Å²) in [6.45, 7) is 10.5. The van der Waals surface area contributed by atoms with E-state index >= 15 is 0 Å². The third-order valence-electron chi connectivity index (χ3n) is 1.98. The van der Waals surface area contributed by atoms with Crippen LogP contribution in [-0.4, -0.2) is 0 Å². The zero-order valence-electron chi connectivity index (χ0n) is 8.23. The van der Waals surface area contributed by atoms with E-state index in [9.17, 15) is 0 Å². The highest BCUT2D eigenvalue weighted by atomic mass is 14.5. The molecule has 2 N–H and O–H groups in total. The predicted molar refractivity (Wildman–Crippen MR) is 51.2 cm³/mol. The molecule has 0 saturated carbocycles. The molecular weight excluding hydrogens is 134 g/mol. The third kappa shape index (κ3) is 3.87. The monoisotopic (exact) mass is 153 g/mol. The fraction of sp³-hybridized carbons (Fsp3) is 0.600. The van der Waals surface area contributed by atoms with Crippen molar-refractivity contribution in [3.8, 4) is 0 Å². The van der Waals surface area contributed by atoms with Crippen LogP contribution < -0.4 is 5.73 Å². The molecule has 0 amide bonds. The van der Waals surface area contributed by atoms with Crippen molar-refractivity contribution in [3.05, 3.63) is 22.9 Å². The van der Waals surface area contributed by atoms with Gasteiger partial charge in [0.2, 0.25) is 0 Å². The molecule has 0 radical (unpaired) electrons. The lowest BCUT2D eigenvalue weighted by molar-refractivity contribution is 0.832. The molecule has 0 saturated heterocycles. The van der Waals surface area contributed by atoms with Crippen molar-refractivity contribution < 1.29 is 0 Å². The number of rotatable bonds is 2. The van der Waals surface area contributed by atoms with Crippen molar-refractivity contribution >= 4 is 0 Å². The Kier molecular flexibility index (Phi) is 3.94. The summed E-state index contributed by atoms with van der Waals surface area (Å²) in [5.74, 6) is 0.477. The van der Waals surface area contributed by atoms with Crippen LogP contribution in [0.15, 0.2) is 22.9 Å². The van der Waals surface area contributed by atoms with E-state index in [1.165, 1.54) is 11.1 Å². The first-order valence-electron chi connectivity index (χ1n) is 4.03. The molecule has 0 aliphatic carbocycles. The second-order valence-electron chi connectivity index (χ2n) is 3.38. The van der Waals surface area contributed by atoms with Gasteiger partial charge in [-0.25, -0.2) is 0 Å². The van der Waals surface area contributed by atoms with Crippen LogP contribution in [0.5, 0.6) is 0 Å². The van der Waals surface area contributed by atoms with E-state index in [1.54, 1.807) is 0 Å². The molecule has 1 heteroatoms. The highest BCUT2D eigenvalue weighted by Gasteiger charge is 2.01. The third-order valence-corrected chi connectivity index (χ3v) is 1.98. The summed E-state index contributed by atoms with van der Waals surface area (Å²) in [7, 11) is 0. The Morgan fingerprint density at radius 3 is 1.91 bits per heavy atom. The smallest absolute Gasteiger partial charge is 0.00143 e. The first-order chi connectivity index (χ1) is 4.95. The van der Waals surface area contributed by atoms with Gasteiger partial charge in [0.1, 0.15) is 0 Å². The normalized spacial score (nSPS) is 14.5. The summed E-state index contributed by atoms with van der Waals surface area (Å²) in [5, 5.41) is 0. The van der Waals surface area contributed by atoms with Gasteiger partial charge in [-0.05, 0) is 33.6 Å². The van der Waals surface area contributed by atoms with Crippen molar-refractivity contribution in [1.82, 2.24) is 0 Å². The summed E-state index contributed by atoms with van der Waals surface area (Å²) < 4.78 is 0. The molecule has 0 aliphatic heterocycles. The molecule has 1 atom stereocenters.